The van der Waals surface area contributed by atoms with E-state index in [2.05, 4.69) is 4.99 Å². The van der Waals surface area contributed by atoms with Crippen molar-refractivity contribution in [1.82, 2.24) is 4.57 Å². The number of hydrogen-bond donors (Lipinski definition) is 0. The third-order valence-electron chi connectivity index (χ3n) is 3.74. The highest BCUT2D eigenvalue weighted by Crippen LogP contribution is 2.17. The fourth-order valence-electron chi connectivity index (χ4n) is 2.56. The van der Waals surface area contributed by atoms with E-state index in [4.69, 9.17) is 4.74 Å². The topological polar surface area (TPSA) is 60.7 Å². The third kappa shape index (κ3) is 5.30. The molecule has 0 atom stereocenters. The van der Waals surface area contributed by atoms with Gasteiger partial charge in [-0.2, -0.15) is 4.99 Å². The number of carbonyl (C=O) groups excluding carboxylic acids is 2. The van der Waals surface area contributed by atoms with Gasteiger partial charge in [0.2, 0.25) is 0 Å². The van der Waals surface area contributed by atoms with Crippen LogP contribution in [0.3, 0.4) is 0 Å². The van der Waals surface area contributed by atoms with Crippen molar-refractivity contribution in [2.75, 3.05) is 12.4 Å². The van der Waals surface area contributed by atoms with Crippen molar-refractivity contribution in [3.8, 4) is 0 Å². The van der Waals surface area contributed by atoms with Gasteiger partial charge in [0.1, 0.15) is 6.54 Å². The predicted octanol–water partition coefficient (Wildman–Crippen LogP) is 3.63. The number of fused-ring (bicyclic) bond motifs is 1. The van der Waals surface area contributed by atoms with Crippen molar-refractivity contribution in [2.45, 2.75) is 19.2 Å². The highest BCUT2D eigenvalue weighted by atomic mass is 32.2. The molecule has 3 rings (SSSR count). The van der Waals surface area contributed by atoms with Crippen LogP contribution < -0.4 is 4.80 Å². The number of para-hydroxylation sites is 1. The summed E-state index contributed by atoms with van der Waals surface area (Å²) in [5.41, 5.74) is 2.05. The third-order valence-corrected chi connectivity index (χ3v) is 5.79. The van der Waals surface area contributed by atoms with Crippen molar-refractivity contribution in [3.05, 3.63) is 65.0 Å². The van der Waals surface area contributed by atoms with E-state index in [0.29, 0.717) is 17.2 Å². The summed E-state index contributed by atoms with van der Waals surface area (Å²) in [6, 6.07) is 17.7. The second-order valence-corrected chi connectivity index (χ2v) is 7.72. The summed E-state index contributed by atoms with van der Waals surface area (Å²) in [5.74, 6) is 0.508. The SMILES string of the molecule is CCOC(=O)Cn1c(=NC(=O)CSCc2ccccc2)sc2ccccc21. The van der Waals surface area contributed by atoms with Gasteiger partial charge in [-0.25, -0.2) is 0 Å². The maximum Gasteiger partial charge on any atom is 0.326 e. The van der Waals surface area contributed by atoms with Crippen LogP contribution in [0.4, 0.5) is 0 Å². The molecule has 0 fully saturated rings. The molecule has 0 aliphatic carbocycles. The monoisotopic (exact) mass is 400 g/mol. The molecule has 0 spiro atoms. The van der Waals surface area contributed by atoms with Gasteiger partial charge in [0.15, 0.2) is 4.80 Å². The Hall–Kier alpha value is -2.38. The van der Waals surface area contributed by atoms with Crippen LogP contribution >= 0.6 is 23.1 Å². The Morgan fingerprint density at radius 1 is 1.11 bits per heavy atom. The molecule has 1 amide bonds. The molecule has 1 heterocycles. The lowest BCUT2D eigenvalue weighted by molar-refractivity contribution is -0.143. The van der Waals surface area contributed by atoms with Gasteiger partial charge in [-0.3, -0.25) is 9.59 Å². The number of thioether (sulfide) groups is 1. The van der Waals surface area contributed by atoms with Gasteiger partial charge in [0, 0.05) is 5.75 Å². The Balaban J connectivity index is 1.77. The Morgan fingerprint density at radius 3 is 2.63 bits per heavy atom. The highest BCUT2D eigenvalue weighted by molar-refractivity contribution is 7.99. The van der Waals surface area contributed by atoms with Crippen molar-refractivity contribution >= 4 is 45.2 Å². The average molecular weight is 401 g/mol. The maximum absolute atomic E-state index is 12.3. The van der Waals surface area contributed by atoms with E-state index in [1.165, 1.54) is 28.7 Å². The summed E-state index contributed by atoms with van der Waals surface area (Å²) in [7, 11) is 0. The maximum atomic E-state index is 12.3. The first-order valence-corrected chi connectivity index (χ1v) is 10.6. The van der Waals surface area contributed by atoms with Gasteiger partial charge in [-0.05, 0) is 24.6 Å². The number of aromatic nitrogens is 1. The van der Waals surface area contributed by atoms with Crippen molar-refractivity contribution in [2.24, 2.45) is 4.99 Å². The number of esters is 1. The van der Waals surface area contributed by atoms with Crippen molar-refractivity contribution in [3.63, 3.8) is 0 Å². The fourth-order valence-corrected chi connectivity index (χ4v) is 4.38. The largest absolute Gasteiger partial charge is 0.465 e. The first kappa shape index (κ1) is 19.4. The number of hydrogen-bond acceptors (Lipinski definition) is 5. The quantitative estimate of drug-likeness (QED) is 0.568. The molecule has 27 heavy (non-hydrogen) atoms. The molecule has 0 aliphatic heterocycles. The van der Waals surface area contributed by atoms with Gasteiger partial charge >= 0.3 is 5.97 Å². The minimum absolute atomic E-state index is 0.0428. The standard InChI is InChI=1S/C20H20N2O3S2/c1-2-25-19(24)12-22-16-10-6-7-11-17(16)27-20(22)21-18(23)14-26-13-15-8-4-3-5-9-15/h3-11H,2,12-14H2,1H3. The normalized spacial score (nSPS) is 11.7. The zero-order valence-corrected chi connectivity index (χ0v) is 16.6. The van der Waals surface area contributed by atoms with Crippen LogP contribution in [-0.2, 0) is 26.6 Å². The highest BCUT2D eigenvalue weighted by Gasteiger charge is 2.12. The van der Waals surface area contributed by atoms with E-state index in [9.17, 15) is 9.59 Å². The lowest BCUT2D eigenvalue weighted by atomic mass is 10.2. The van der Waals surface area contributed by atoms with E-state index < -0.39 is 0 Å². The fraction of sp³-hybridized carbons (Fsp3) is 0.250. The van der Waals surface area contributed by atoms with E-state index in [0.717, 1.165) is 16.0 Å². The summed E-state index contributed by atoms with van der Waals surface area (Å²) in [4.78, 5) is 29.1. The first-order chi connectivity index (χ1) is 13.2. The Morgan fingerprint density at radius 2 is 1.85 bits per heavy atom. The number of nitrogens with zero attached hydrogens (tertiary/aromatic N) is 2. The molecule has 0 saturated heterocycles. The summed E-state index contributed by atoms with van der Waals surface area (Å²) in [5, 5.41) is 0. The molecule has 3 aromatic rings. The molecule has 0 unspecified atom stereocenters. The number of rotatable bonds is 7. The van der Waals surface area contributed by atoms with Crippen molar-refractivity contribution in [1.29, 1.82) is 0 Å². The lowest BCUT2D eigenvalue weighted by Gasteiger charge is -2.05. The molecule has 0 saturated carbocycles. The molecule has 7 heteroatoms. The number of carbonyl (C=O) groups is 2. The second-order valence-electron chi connectivity index (χ2n) is 5.73. The Kier molecular flexibility index (Phi) is 6.84. The summed E-state index contributed by atoms with van der Waals surface area (Å²) in [6.45, 7) is 2.14. The van der Waals surface area contributed by atoms with E-state index in [-0.39, 0.29) is 18.4 Å². The summed E-state index contributed by atoms with van der Waals surface area (Å²) in [6.07, 6.45) is 0. The molecule has 140 valence electrons. The predicted molar refractivity (Wildman–Crippen MR) is 110 cm³/mol. The lowest BCUT2D eigenvalue weighted by Crippen LogP contribution is -2.23. The van der Waals surface area contributed by atoms with Crippen LogP contribution in [0.5, 0.6) is 0 Å². The number of benzene rings is 2. The van der Waals surface area contributed by atoms with Gasteiger partial charge < -0.3 is 9.30 Å². The number of amides is 1. The molecule has 0 aliphatic rings. The molecule has 0 radical (unpaired) electrons. The van der Waals surface area contributed by atoms with Gasteiger partial charge in [0.25, 0.3) is 5.91 Å². The Bertz CT molecular complexity index is 993. The summed E-state index contributed by atoms with van der Waals surface area (Å²) >= 11 is 2.93. The molecule has 5 nitrogen and oxygen atoms in total. The number of thiazole rings is 1. The number of ether oxygens (including phenoxy) is 1. The molecule has 1 aromatic heterocycles. The second kappa shape index (κ2) is 9.53. The first-order valence-electron chi connectivity index (χ1n) is 8.60. The van der Waals surface area contributed by atoms with E-state index in [1.54, 1.807) is 11.5 Å². The Labute approximate surface area is 165 Å². The zero-order chi connectivity index (χ0) is 19.1. The van der Waals surface area contributed by atoms with Crippen LogP contribution in [0, 0.1) is 0 Å². The van der Waals surface area contributed by atoms with E-state index >= 15 is 0 Å². The average Bonchev–Trinajstić information content (AvgIpc) is 3.00. The van der Waals surface area contributed by atoms with Gasteiger partial charge in [-0.15, -0.1) is 11.8 Å². The molecular formula is C20H20N2O3S2. The van der Waals surface area contributed by atoms with Crippen molar-refractivity contribution < 1.29 is 14.3 Å². The molecule has 2 aromatic carbocycles. The van der Waals surface area contributed by atoms with Crippen LogP contribution in [0.1, 0.15) is 12.5 Å². The molecule has 0 bridgehead atoms. The van der Waals surface area contributed by atoms with E-state index in [1.807, 2.05) is 54.6 Å². The van der Waals surface area contributed by atoms with Crippen LogP contribution in [-0.4, -0.2) is 28.8 Å². The minimum atomic E-state index is -0.339. The summed E-state index contributed by atoms with van der Waals surface area (Å²) < 4.78 is 7.78. The van der Waals surface area contributed by atoms with Gasteiger partial charge in [-0.1, -0.05) is 53.8 Å². The minimum Gasteiger partial charge on any atom is -0.465 e. The van der Waals surface area contributed by atoms with Crippen LogP contribution in [0.15, 0.2) is 59.6 Å². The molecular weight excluding hydrogens is 380 g/mol. The molecule has 0 N–H and O–H groups in total. The zero-order valence-electron chi connectivity index (χ0n) is 15.0. The van der Waals surface area contributed by atoms with Crippen LogP contribution in [0.25, 0.3) is 10.2 Å². The van der Waals surface area contributed by atoms with Gasteiger partial charge in [0.05, 0.1) is 22.6 Å². The smallest absolute Gasteiger partial charge is 0.326 e. The van der Waals surface area contributed by atoms with Crippen LogP contribution in [0.2, 0.25) is 0 Å².